The molecule has 1 aliphatic heterocycles. The van der Waals surface area contributed by atoms with E-state index >= 15 is 0 Å². The molecule has 0 radical (unpaired) electrons. The molecule has 2 amide bonds. The molecule has 0 spiro atoms. The highest BCUT2D eigenvalue weighted by Crippen LogP contribution is 2.38. The number of fused-ring (bicyclic) bond motifs is 1. The Balaban J connectivity index is 1.89. The number of carbonyl (C=O) groups excluding carboxylic acids is 1. The maximum absolute atomic E-state index is 12.2. The number of rotatable bonds is 3. The van der Waals surface area contributed by atoms with Crippen molar-refractivity contribution in [3.05, 3.63) is 65.4 Å². The zero-order valence-corrected chi connectivity index (χ0v) is 18.7. The van der Waals surface area contributed by atoms with Crippen LogP contribution in [0.25, 0.3) is 28.1 Å². The van der Waals surface area contributed by atoms with Gasteiger partial charge >= 0.3 is 6.09 Å². The second kappa shape index (κ2) is 8.19. The number of piperidine rings is 1. The minimum absolute atomic E-state index is 0.216. The van der Waals surface area contributed by atoms with E-state index in [0.29, 0.717) is 17.6 Å². The predicted octanol–water partition coefficient (Wildman–Crippen LogP) is 5.51. The van der Waals surface area contributed by atoms with E-state index in [1.807, 2.05) is 42.6 Å². The molecule has 6 heteroatoms. The second-order valence-electron chi connectivity index (χ2n) is 9.49. The quantitative estimate of drug-likeness (QED) is 0.510. The molecule has 2 aromatic carbocycles. The number of nitrogens with two attached hydrogens (primary N) is 1. The molecule has 1 aromatic heterocycles. The number of carboxylic acid groups (broad SMARTS) is 1. The number of carbonyl (C=O) groups is 2. The topological polar surface area (TPSA) is 99.4 Å². The minimum atomic E-state index is -0.892. The first kappa shape index (κ1) is 21.7. The molecule has 0 bridgehead atoms. The number of benzene rings is 2. The Kier molecular flexibility index (Phi) is 5.55. The predicted molar refractivity (Wildman–Crippen MR) is 127 cm³/mol. The lowest BCUT2D eigenvalue weighted by Crippen LogP contribution is -2.50. The second-order valence-corrected chi connectivity index (χ2v) is 9.49. The lowest BCUT2D eigenvalue weighted by molar-refractivity contribution is 0.0854. The molecule has 6 nitrogen and oxygen atoms in total. The third-order valence-electron chi connectivity index (χ3n) is 6.13. The third-order valence-corrected chi connectivity index (χ3v) is 6.13. The molecule has 0 saturated carbocycles. The third kappa shape index (κ3) is 4.00. The smallest absolute Gasteiger partial charge is 0.407 e. The summed E-state index contributed by atoms with van der Waals surface area (Å²) in [6.45, 7) is 6.74. The minimum Gasteiger partial charge on any atom is -0.465 e. The first-order valence-electron chi connectivity index (χ1n) is 10.9. The van der Waals surface area contributed by atoms with Crippen molar-refractivity contribution in [2.75, 3.05) is 6.54 Å². The van der Waals surface area contributed by atoms with Crippen LogP contribution in [-0.4, -0.2) is 39.6 Å². The van der Waals surface area contributed by atoms with Crippen LogP contribution in [0.3, 0.4) is 0 Å². The molecule has 1 fully saturated rings. The Hall–Kier alpha value is -3.54. The molecular weight excluding hydrogens is 402 g/mol. The molecule has 1 saturated heterocycles. The van der Waals surface area contributed by atoms with Gasteiger partial charge in [0.25, 0.3) is 5.91 Å². The van der Waals surface area contributed by atoms with Gasteiger partial charge in [-0.1, -0.05) is 57.2 Å². The van der Waals surface area contributed by atoms with Crippen molar-refractivity contribution in [2.24, 2.45) is 11.1 Å². The summed E-state index contributed by atoms with van der Waals surface area (Å²) in [4.78, 5) is 28.9. The molecular formula is C26H29N3O3. The molecule has 0 aliphatic carbocycles. The number of nitrogens with one attached hydrogen (secondary N) is 1. The van der Waals surface area contributed by atoms with E-state index in [1.54, 1.807) is 4.90 Å². The standard InChI is InChI=1S/C26H29N3O3/c1-26(2,3)23-17(10-7-11-29(23)25(31)32)12-19-15-28-22-20(19)13-18(14-21(22)24(27)30)16-8-5-4-6-9-16/h4-6,8-9,12-15,23,28H,7,10-11H2,1-3H3,(H2,27,30)(H,31,32). The van der Waals surface area contributed by atoms with E-state index in [4.69, 9.17) is 5.73 Å². The van der Waals surface area contributed by atoms with E-state index in [2.05, 4.69) is 37.9 Å². The first-order valence-corrected chi connectivity index (χ1v) is 10.9. The summed E-state index contributed by atoms with van der Waals surface area (Å²) in [5, 5.41) is 10.7. The lowest BCUT2D eigenvalue weighted by Gasteiger charge is -2.43. The van der Waals surface area contributed by atoms with Gasteiger partial charge in [-0.05, 0) is 52.7 Å². The molecule has 166 valence electrons. The van der Waals surface area contributed by atoms with Gasteiger partial charge in [-0.3, -0.25) is 4.79 Å². The van der Waals surface area contributed by atoms with E-state index in [1.165, 1.54) is 0 Å². The first-order chi connectivity index (χ1) is 15.2. The van der Waals surface area contributed by atoms with Crippen LogP contribution >= 0.6 is 0 Å². The SMILES string of the molecule is CC(C)(C)C1C(=Cc2c[nH]c3c(C(N)=O)cc(-c4ccccc4)cc23)CCCN1C(=O)O. The Morgan fingerprint density at radius 1 is 1.16 bits per heavy atom. The van der Waals surface area contributed by atoms with E-state index in [9.17, 15) is 14.7 Å². The van der Waals surface area contributed by atoms with Crippen molar-refractivity contribution in [2.45, 2.75) is 39.7 Å². The van der Waals surface area contributed by atoms with Crippen molar-refractivity contribution >= 4 is 29.0 Å². The van der Waals surface area contributed by atoms with Crippen LogP contribution in [0.4, 0.5) is 4.79 Å². The van der Waals surface area contributed by atoms with Gasteiger partial charge in [-0.2, -0.15) is 0 Å². The van der Waals surface area contributed by atoms with Gasteiger partial charge < -0.3 is 20.7 Å². The van der Waals surface area contributed by atoms with Crippen molar-refractivity contribution in [3.8, 4) is 11.1 Å². The Morgan fingerprint density at radius 3 is 2.50 bits per heavy atom. The summed E-state index contributed by atoms with van der Waals surface area (Å²) in [6.07, 6.45) is 4.69. The van der Waals surface area contributed by atoms with Gasteiger partial charge in [0.05, 0.1) is 17.1 Å². The van der Waals surface area contributed by atoms with Crippen LogP contribution in [0, 0.1) is 5.41 Å². The molecule has 4 N–H and O–H groups in total. The summed E-state index contributed by atoms with van der Waals surface area (Å²) in [5.41, 5.74) is 10.5. The Bertz CT molecular complexity index is 1200. The Morgan fingerprint density at radius 2 is 1.88 bits per heavy atom. The van der Waals surface area contributed by atoms with Gasteiger partial charge in [-0.25, -0.2) is 4.79 Å². The van der Waals surface area contributed by atoms with Crippen LogP contribution in [-0.2, 0) is 0 Å². The van der Waals surface area contributed by atoms with E-state index in [-0.39, 0.29) is 11.5 Å². The summed E-state index contributed by atoms with van der Waals surface area (Å²) >= 11 is 0. The summed E-state index contributed by atoms with van der Waals surface area (Å²) in [7, 11) is 0. The van der Waals surface area contributed by atoms with Crippen molar-refractivity contribution in [3.63, 3.8) is 0 Å². The van der Waals surface area contributed by atoms with Crippen molar-refractivity contribution < 1.29 is 14.7 Å². The number of primary amides is 1. The van der Waals surface area contributed by atoms with Gasteiger partial charge in [-0.15, -0.1) is 0 Å². The van der Waals surface area contributed by atoms with Crippen LogP contribution in [0.15, 0.2) is 54.2 Å². The zero-order chi connectivity index (χ0) is 23.0. The normalized spacial score (nSPS) is 18.3. The number of aromatic nitrogens is 1. The number of hydrogen-bond acceptors (Lipinski definition) is 2. The fraction of sp³-hybridized carbons (Fsp3) is 0.308. The average molecular weight is 432 g/mol. The Labute approximate surface area is 187 Å². The lowest BCUT2D eigenvalue weighted by atomic mass is 9.77. The van der Waals surface area contributed by atoms with Crippen LogP contribution in [0.5, 0.6) is 0 Å². The van der Waals surface area contributed by atoms with Crippen molar-refractivity contribution in [1.82, 2.24) is 9.88 Å². The number of aromatic amines is 1. The van der Waals surface area contributed by atoms with E-state index < -0.39 is 12.0 Å². The monoisotopic (exact) mass is 431 g/mol. The molecule has 3 aromatic rings. The van der Waals surface area contributed by atoms with Gasteiger partial charge in [0.15, 0.2) is 0 Å². The molecule has 2 heterocycles. The maximum Gasteiger partial charge on any atom is 0.407 e. The maximum atomic E-state index is 12.2. The molecule has 1 atom stereocenters. The van der Waals surface area contributed by atoms with Crippen LogP contribution < -0.4 is 5.73 Å². The number of likely N-dealkylation sites (tertiary alicyclic amines) is 1. The number of H-pyrrole nitrogens is 1. The van der Waals surface area contributed by atoms with Crippen LogP contribution in [0.2, 0.25) is 0 Å². The molecule has 4 rings (SSSR count). The largest absolute Gasteiger partial charge is 0.465 e. The fourth-order valence-electron chi connectivity index (χ4n) is 4.86. The van der Waals surface area contributed by atoms with Crippen LogP contribution in [0.1, 0.15) is 49.5 Å². The highest BCUT2D eigenvalue weighted by atomic mass is 16.4. The molecule has 1 unspecified atom stereocenters. The highest BCUT2D eigenvalue weighted by molar-refractivity contribution is 6.08. The molecule has 32 heavy (non-hydrogen) atoms. The zero-order valence-electron chi connectivity index (χ0n) is 18.7. The summed E-state index contributed by atoms with van der Waals surface area (Å²) < 4.78 is 0. The van der Waals surface area contributed by atoms with Gasteiger partial charge in [0, 0.05) is 18.1 Å². The summed E-state index contributed by atoms with van der Waals surface area (Å²) in [6, 6.07) is 13.5. The van der Waals surface area contributed by atoms with Gasteiger partial charge in [0.1, 0.15) is 0 Å². The summed E-state index contributed by atoms with van der Waals surface area (Å²) in [5.74, 6) is -0.490. The fourth-order valence-corrected chi connectivity index (χ4v) is 4.86. The van der Waals surface area contributed by atoms with Crippen molar-refractivity contribution in [1.29, 1.82) is 0 Å². The molecule has 1 aliphatic rings. The highest BCUT2D eigenvalue weighted by Gasteiger charge is 2.38. The number of nitrogens with zero attached hydrogens (tertiary/aromatic N) is 1. The number of amides is 2. The van der Waals surface area contributed by atoms with E-state index in [0.717, 1.165) is 40.5 Å². The van der Waals surface area contributed by atoms with Gasteiger partial charge in [0.2, 0.25) is 0 Å². The average Bonchev–Trinajstić information content (AvgIpc) is 3.15. The number of hydrogen-bond donors (Lipinski definition) is 3.